The molecule has 2 aromatic heterocycles. The van der Waals surface area contributed by atoms with E-state index in [4.69, 9.17) is 4.98 Å². The molecule has 1 aliphatic rings. The minimum absolute atomic E-state index is 0.186. The van der Waals surface area contributed by atoms with Crippen molar-refractivity contribution in [1.82, 2.24) is 40.0 Å². The van der Waals surface area contributed by atoms with Crippen LogP contribution in [-0.2, 0) is 17.8 Å². The zero-order chi connectivity index (χ0) is 34.0. The Morgan fingerprint density at radius 3 is 2.33 bits per heavy atom. The van der Waals surface area contributed by atoms with Gasteiger partial charge in [-0.15, -0.1) is 5.10 Å². The maximum atomic E-state index is 14.2. The summed E-state index contributed by atoms with van der Waals surface area (Å²) in [5, 5.41) is 14.4. The Kier molecular flexibility index (Phi) is 11.1. The van der Waals surface area contributed by atoms with E-state index in [1.807, 2.05) is 73.7 Å². The Morgan fingerprint density at radius 1 is 0.918 bits per heavy atom. The number of rotatable bonds is 13. The van der Waals surface area contributed by atoms with Crippen LogP contribution in [0.2, 0.25) is 0 Å². The lowest BCUT2D eigenvalue weighted by atomic mass is 9.98. The van der Waals surface area contributed by atoms with Gasteiger partial charge >= 0.3 is 0 Å². The van der Waals surface area contributed by atoms with E-state index < -0.39 is 0 Å². The molecule has 0 aliphatic carbocycles. The zero-order valence-electron chi connectivity index (χ0n) is 28.2. The maximum Gasteiger partial charge on any atom is 0.262 e. The Hall–Kier alpha value is -5.28. The van der Waals surface area contributed by atoms with Crippen molar-refractivity contribution in [3.05, 3.63) is 124 Å². The minimum Gasteiger partial charge on any atom is -0.297 e. The molecule has 0 atom stereocenters. The molecule has 3 aromatic carbocycles. The average Bonchev–Trinajstić information content (AvgIpc) is 3.68. The van der Waals surface area contributed by atoms with E-state index in [-0.39, 0.29) is 5.56 Å². The molecule has 49 heavy (non-hydrogen) atoms. The van der Waals surface area contributed by atoms with E-state index in [1.54, 1.807) is 4.57 Å². The topological polar surface area (TPSA) is 113 Å². The number of piperazine rings is 1. The Balaban J connectivity index is 1.18. The average molecular weight is 655 g/mol. The molecule has 5 aromatic rings. The van der Waals surface area contributed by atoms with Gasteiger partial charge in [0.2, 0.25) is 0 Å². The van der Waals surface area contributed by atoms with Crippen LogP contribution in [0.15, 0.2) is 89.7 Å². The number of unbranched alkanes of at least 4 members (excludes halogenated alkanes) is 1. The highest BCUT2D eigenvalue weighted by Gasteiger charge is 2.23. The van der Waals surface area contributed by atoms with Crippen molar-refractivity contribution < 1.29 is 4.79 Å². The first-order valence-corrected chi connectivity index (χ1v) is 17.0. The van der Waals surface area contributed by atoms with Crippen molar-refractivity contribution in [3.63, 3.8) is 0 Å². The summed E-state index contributed by atoms with van der Waals surface area (Å²) in [7, 11) is 0. The van der Waals surface area contributed by atoms with Gasteiger partial charge in [-0.05, 0) is 46.0 Å². The van der Waals surface area contributed by atoms with Crippen LogP contribution in [-0.4, -0.2) is 85.2 Å². The standard InChI is InChI=1S/C39H42N8O2/c1-3-4-16-36-40-29(2)37(33(28-48)27-46-24-22-45(23-25-46)21-10-13-30-11-6-5-7-12-30)39(49)47(36)26-31-17-19-32(20-18-31)34-14-8-9-15-35(34)38-41-43-44-42-38/h5-15,17-20H,3-4,16,21-27H2,1-2H3,(H,41,42,43,44)/b13-10+. The van der Waals surface area contributed by atoms with Crippen LogP contribution >= 0.6 is 0 Å². The van der Waals surface area contributed by atoms with Gasteiger partial charge < -0.3 is 0 Å². The van der Waals surface area contributed by atoms with Crippen LogP contribution in [0.1, 0.15) is 48.0 Å². The smallest absolute Gasteiger partial charge is 0.262 e. The number of carbonyl (C=O) groups excluding carboxylic acids is 1. The number of benzene rings is 3. The van der Waals surface area contributed by atoms with Gasteiger partial charge in [-0.3, -0.25) is 19.2 Å². The number of hydrogen-bond donors (Lipinski definition) is 1. The van der Waals surface area contributed by atoms with E-state index in [9.17, 15) is 9.59 Å². The number of aryl methyl sites for hydroxylation is 2. The number of nitrogens with one attached hydrogen (secondary N) is 1. The van der Waals surface area contributed by atoms with Gasteiger partial charge in [0.1, 0.15) is 11.8 Å². The van der Waals surface area contributed by atoms with Crippen molar-refractivity contribution in [2.75, 3.05) is 39.3 Å². The third kappa shape index (κ3) is 8.24. The molecule has 10 heteroatoms. The lowest BCUT2D eigenvalue weighted by molar-refractivity contribution is 0.156. The fourth-order valence-corrected chi connectivity index (χ4v) is 6.36. The predicted molar refractivity (Wildman–Crippen MR) is 193 cm³/mol. The molecule has 1 aliphatic heterocycles. The highest BCUT2D eigenvalue weighted by atomic mass is 16.1. The summed E-state index contributed by atoms with van der Waals surface area (Å²) in [5.74, 6) is 3.48. The highest BCUT2D eigenvalue weighted by molar-refractivity contribution is 5.89. The molecule has 1 saturated heterocycles. The maximum absolute atomic E-state index is 14.2. The quantitative estimate of drug-likeness (QED) is 0.170. The third-order valence-electron chi connectivity index (χ3n) is 9.06. The molecular weight excluding hydrogens is 612 g/mol. The van der Waals surface area contributed by atoms with Gasteiger partial charge in [0.15, 0.2) is 5.82 Å². The first-order valence-electron chi connectivity index (χ1n) is 17.0. The second-order valence-corrected chi connectivity index (χ2v) is 12.4. The summed E-state index contributed by atoms with van der Waals surface area (Å²) >= 11 is 0. The van der Waals surface area contributed by atoms with Crippen molar-refractivity contribution in [2.24, 2.45) is 0 Å². The second-order valence-electron chi connectivity index (χ2n) is 12.4. The van der Waals surface area contributed by atoms with Crippen LogP contribution in [0.3, 0.4) is 0 Å². The molecule has 10 nitrogen and oxygen atoms in total. The van der Waals surface area contributed by atoms with E-state index in [0.717, 1.165) is 73.6 Å². The molecule has 3 heterocycles. The summed E-state index contributed by atoms with van der Waals surface area (Å²) in [4.78, 5) is 36.2. The van der Waals surface area contributed by atoms with Crippen molar-refractivity contribution in [2.45, 2.75) is 39.7 Å². The number of aromatic nitrogens is 6. The van der Waals surface area contributed by atoms with E-state index in [2.05, 4.69) is 67.6 Å². The molecule has 0 radical (unpaired) electrons. The van der Waals surface area contributed by atoms with Crippen molar-refractivity contribution in [1.29, 1.82) is 0 Å². The molecule has 0 bridgehead atoms. The van der Waals surface area contributed by atoms with Crippen LogP contribution in [0.4, 0.5) is 0 Å². The molecule has 1 fully saturated rings. The molecule has 1 N–H and O–H groups in total. The summed E-state index contributed by atoms with van der Waals surface area (Å²) in [6.45, 7) is 8.95. The van der Waals surface area contributed by atoms with Gasteiger partial charge in [0.25, 0.3) is 5.56 Å². The summed E-state index contributed by atoms with van der Waals surface area (Å²) in [6, 6.07) is 26.4. The largest absolute Gasteiger partial charge is 0.297 e. The summed E-state index contributed by atoms with van der Waals surface area (Å²) in [6.07, 6.45) is 6.93. The third-order valence-corrected chi connectivity index (χ3v) is 9.06. The number of H-pyrrole nitrogens is 1. The zero-order valence-corrected chi connectivity index (χ0v) is 28.2. The van der Waals surface area contributed by atoms with Crippen LogP contribution in [0, 0.1) is 6.92 Å². The fourth-order valence-electron chi connectivity index (χ4n) is 6.36. The Morgan fingerprint density at radius 2 is 1.63 bits per heavy atom. The minimum atomic E-state index is -0.186. The molecule has 0 unspecified atom stereocenters. The first kappa shape index (κ1) is 33.6. The molecular formula is C39H42N8O2. The van der Waals surface area contributed by atoms with Crippen LogP contribution < -0.4 is 5.56 Å². The Labute approximate surface area is 286 Å². The van der Waals surface area contributed by atoms with E-state index in [1.165, 1.54) is 5.56 Å². The van der Waals surface area contributed by atoms with Gasteiger partial charge in [-0.1, -0.05) is 104 Å². The number of tetrazole rings is 1. The lowest BCUT2D eigenvalue weighted by Crippen LogP contribution is -2.47. The normalized spacial score (nSPS) is 13.9. The van der Waals surface area contributed by atoms with Gasteiger partial charge in [-0.25, -0.2) is 14.9 Å². The van der Waals surface area contributed by atoms with Gasteiger partial charge in [0.05, 0.1) is 23.4 Å². The Bertz CT molecular complexity index is 1970. The molecule has 250 valence electrons. The van der Waals surface area contributed by atoms with Crippen LogP contribution in [0.5, 0.6) is 0 Å². The van der Waals surface area contributed by atoms with Gasteiger partial charge in [0, 0.05) is 51.3 Å². The van der Waals surface area contributed by atoms with Gasteiger partial charge in [-0.2, -0.15) is 0 Å². The number of aromatic amines is 1. The first-order chi connectivity index (χ1) is 24.0. The SMILES string of the molecule is CCCCc1nc(C)c(C(=C=O)CN2CCN(C/C=C/c3ccccc3)CC2)c(=O)n1Cc1ccc(-c2ccccc2-c2nnn[nH]2)cc1. The van der Waals surface area contributed by atoms with E-state index in [0.29, 0.717) is 42.2 Å². The molecule has 0 spiro atoms. The van der Waals surface area contributed by atoms with E-state index >= 15 is 0 Å². The molecule has 0 saturated carbocycles. The highest BCUT2D eigenvalue weighted by Crippen LogP contribution is 2.30. The number of nitrogens with zero attached hydrogens (tertiary/aromatic N) is 7. The van der Waals surface area contributed by atoms with Crippen molar-refractivity contribution in [3.8, 4) is 22.5 Å². The van der Waals surface area contributed by atoms with Crippen LogP contribution in [0.25, 0.3) is 34.2 Å². The lowest BCUT2D eigenvalue weighted by Gasteiger charge is -2.34. The fraction of sp³-hybridized carbons (Fsp3) is 0.308. The monoisotopic (exact) mass is 654 g/mol. The number of hydrogen-bond acceptors (Lipinski definition) is 8. The predicted octanol–water partition coefficient (Wildman–Crippen LogP) is 5.34. The summed E-state index contributed by atoms with van der Waals surface area (Å²) < 4.78 is 1.75. The molecule has 0 amide bonds. The second kappa shape index (κ2) is 16.2. The molecule has 6 rings (SSSR count). The van der Waals surface area contributed by atoms with Crippen molar-refractivity contribution >= 4 is 17.6 Å². The summed E-state index contributed by atoms with van der Waals surface area (Å²) in [5.41, 5.74) is 6.21.